The van der Waals surface area contributed by atoms with E-state index in [1.54, 1.807) is 4.68 Å². The van der Waals surface area contributed by atoms with Crippen LogP contribution in [0.25, 0.3) is 0 Å². The first-order valence-corrected chi connectivity index (χ1v) is 6.69. The van der Waals surface area contributed by atoms with Crippen LogP contribution in [-0.2, 0) is 13.0 Å². The zero-order chi connectivity index (χ0) is 13.5. The van der Waals surface area contributed by atoms with Gasteiger partial charge in [0.25, 0.3) is 5.91 Å². The monoisotopic (exact) mass is 252 g/mol. The number of nitrogens with two attached hydrogens (primary N) is 1. The molecule has 0 fully saturated rings. The minimum atomic E-state index is -0.0475. The summed E-state index contributed by atoms with van der Waals surface area (Å²) in [7, 11) is 0. The van der Waals surface area contributed by atoms with Gasteiger partial charge in [0.15, 0.2) is 0 Å². The first-order chi connectivity index (χ1) is 8.58. The quantitative estimate of drug-likeness (QED) is 0.719. The molecule has 5 nitrogen and oxygen atoms in total. The fraction of sp³-hybridized carbons (Fsp3) is 0.692. The molecule has 1 aromatic rings. The maximum atomic E-state index is 12.0. The second-order valence-electron chi connectivity index (χ2n) is 4.57. The Kier molecular flexibility index (Phi) is 5.85. The van der Waals surface area contributed by atoms with Gasteiger partial charge in [-0.05, 0) is 39.2 Å². The molecule has 0 spiro atoms. The van der Waals surface area contributed by atoms with Crippen LogP contribution < -0.4 is 11.1 Å². The Morgan fingerprint density at radius 1 is 1.56 bits per heavy atom. The number of carbonyl (C=O) groups excluding carboxylic acids is 1. The van der Waals surface area contributed by atoms with Crippen LogP contribution in [0.2, 0.25) is 0 Å². The summed E-state index contributed by atoms with van der Waals surface area (Å²) >= 11 is 0. The lowest BCUT2D eigenvalue weighted by Gasteiger charge is -2.07. The lowest BCUT2D eigenvalue weighted by molar-refractivity contribution is 0.0942. The number of nitrogens with one attached hydrogen (secondary N) is 1. The van der Waals surface area contributed by atoms with Crippen molar-refractivity contribution < 1.29 is 4.79 Å². The van der Waals surface area contributed by atoms with E-state index in [-0.39, 0.29) is 11.9 Å². The van der Waals surface area contributed by atoms with Gasteiger partial charge in [0.2, 0.25) is 0 Å². The van der Waals surface area contributed by atoms with Gasteiger partial charge in [0.05, 0.1) is 5.69 Å². The molecule has 1 heterocycles. The highest BCUT2D eigenvalue weighted by molar-refractivity contribution is 5.92. The number of nitrogens with zero attached hydrogens (tertiary/aromatic N) is 2. The van der Waals surface area contributed by atoms with Gasteiger partial charge in [0, 0.05) is 19.1 Å². The smallest absolute Gasteiger partial charge is 0.269 e. The number of hydrogen-bond acceptors (Lipinski definition) is 3. The van der Waals surface area contributed by atoms with Gasteiger partial charge in [-0.25, -0.2) is 0 Å². The lowest BCUT2D eigenvalue weighted by Crippen LogP contribution is -2.28. The summed E-state index contributed by atoms with van der Waals surface area (Å²) < 4.78 is 1.75. The molecular formula is C13H24N4O. The van der Waals surface area contributed by atoms with E-state index in [2.05, 4.69) is 10.4 Å². The normalized spacial score (nSPS) is 12.4. The van der Waals surface area contributed by atoms with E-state index in [1.807, 2.05) is 26.8 Å². The molecule has 0 saturated heterocycles. The molecule has 18 heavy (non-hydrogen) atoms. The number of hydrogen-bond donors (Lipinski definition) is 2. The second-order valence-corrected chi connectivity index (χ2v) is 4.57. The Morgan fingerprint density at radius 3 is 2.83 bits per heavy atom. The molecule has 0 aliphatic heterocycles. The summed E-state index contributed by atoms with van der Waals surface area (Å²) in [6.45, 7) is 7.37. The van der Waals surface area contributed by atoms with Gasteiger partial charge >= 0.3 is 0 Å². The van der Waals surface area contributed by atoms with Crippen molar-refractivity contribution in [3.63, 3.8) is 0 Å². The van der Waals surface area contributed by atoms with E-state index in [9.17, 15) is 4.79 Å². The molecule has 0 aromatic carbocycles. The van der Waals surface area contributed by atoms with Crippen molar-refractivity contribution in [1.82, 2.24) is 15.1 Å². The van der Waals surface area contributed by atoms with Crippen LogP contribution in [0.15, 0.2) is 6.07 Å². The minimum Gasteiger partial charge on any atom is -0.351 e. The van der Waals surface area contributed by atoms with Gasteiger partial charge in [-0.1, -0.05) is 6.92 Å². The van der Waals surface area contributed by atoms with Gasteiger partial charge in [-0.3, -0.25) is 9.48 Å². The molecule has 1 atom stereocenters. The number of rotatable bonds is 7. The first kappa shape index (κ1) is 14.7. The van der Waals surface area contributed by atoms with Crippen molar-refractivity contribution in [3.8, 4) is 0 Å². The van der Waals surface area contributed by atoms with Crippen molar-refractivity contribution in [2.24, 2.45) is 5.73 Å². The molecule has 3 N–H and O–H groups in total. The van der Waals surface area contributed by atoms with E-state index < -0.39 is 0 Å². The summed E-state index contributed by atoms with van der Waals surface area (Å²) in [5, 5.41) is 7.27. The molecule has 1 rings (SSSR count). The van der Waals surface area contributed by atoms with Gasteiger partial charge in [-0.15, -0.1) is 0 Å². The third-order valence-corrected chi connectivity index (χ3v) is 2.85. The molecule has 0 radical (unpaired) electrons. The summed E-state index contributed by atoms with van der Waals surface area (Å²) in [6.07, 6.45) is 2.68. The summed E-state index contributed by atoms with van der Waals surface area (Å²) in [5.74, 6) is -0.0475. The second kappa shape index (κ2) is 7.16. The molecule has 0 saturated carbocycles. The molecule has 1 amide bonds. The van der Waals surface area contributed by atoms with Crippen LogP contribution in [-0.4, -0.2) is 28.3 Å². The maximum Gasteiger partial charge on any atom is 0.269 e. The Hall–Kier alpha value is -1.36. The molecule has 102 valence electrons. The van der Waals surface area contributed by atoms with Crippen LogP contribution >= 0.6 is 0 Å². The Balaban J connectivity index is 2.52. The number of amides is 1. The van der Waals surface area contributed by atoms with Crippen LogP contribution in [0, 0.1) is 0 Å². The van der Waals surface area contributed by atoms with E-state index in [0.29, 0.717) is 18.8 Å². The summed E-state index contributed by atoms with van der Waals surface area (Å²) in [4.78, 5) is 12.0. The van der Waals surface area contributed by atoms with Crippen LogP contribution in [0.5, 0.6) is 0 Å². The SMILES string of the molecule is CCc1cc(C(=O)NCCCC(C)N)n(CC)n1. The third kappa shape index (κ3) is 4.14. The van der Waals surface area contributed by atoms with Gasteiger partial charge < -0.3 is 11.1 Å². The Bertz CT molecular complexity index is 384. The van der Waals surface area contributed by atoms with Crippen molar-refractivity contribution in [1.29, 1.82) is 0 Å². The van der Waals surface area contributed by atoms with E-state index >= 15 is 0 Å². The van der Waals surface area contributed by atoms with E-state index in [4.69, 9.17) is 5.73 Å². The van der Waals surface area contributed by atoms with Crippen molar-refractivity contribution in [2.45, 2.75) is 52.6 Å². The van der Waals surface area contributed by atoms with Gasteiger partial charge in [-0.2, -0.15) is 5.10 Å². The molecule has 0 aliphatic carbocycles. The summed E-state index contributed by atoms with van der Waals surface area (Å²) in [5.41, 5.74) is 7.26. The van der Waals surface area contributed by atoms with Crippen LogP contribution in [0.3, 0.4) is 0 Å². The average molecular weight is 252 g/mol. The largest absolute Gasteiger partial charge is 0.351 e. The highest BCUT2D eigenvalue weighted by atomic mass is 16.2. The molecule has 0 bridgehead atoms. The number of aryl methyl sites for hydroxylation is 2. The highest BCUT2D eigenvalue weighted by Gasteiger charge is 2.13. The standard InChI is InChI=1S/C13H24N4O/c1-4-11-9-12(17(5-2)16-11)13(18)15-8-6-7-10(3)14/h9-10H,4-8,14H2,1-3H3,(H,15,18). The number of aromatic nitrogens is 2. The Labute approximate surface area is 109 Å². The summed E-state index contributed by atoms with van der Waals surface area (Å²) in [6, 6.07) is 2.06. The van der Waals surface area contributed by atoms with E-state index in [1.165, 1.54) is 0 Å². The topological polar surface area (TPSA) is 72.9 Å². The predicted octanol–water partition coefficient (Wildman–Crippen LogP) is 1.32. The average Bonchev–Trinajstić information content (AvgIpc) is 2.77. The molecule has 0 aliphatic rings. The van der Waals surface area contributed by atoms with Crippen molar-refractivity contribution in [3.05, 3.63) is 17.5 Å². The Morgan fingerprint density at radius 2 is 2.28 bits per heavy atom. The first-order valence-electron chi connectivity index (χ1n) is 6.69. The minimum absolute atomic E-state index is 0.0475. The lowest BCUT2D eigenvalue weighted by atomic mass is 10.2. The van der Waals surface area contributed by atoms with Gasteiger partial charge in [0.1, 0.15) is 5.69 Å². The predicted molar refractivity (Wildman–Crippen MR) is 72.5 cm³/mol. The van der Waals surface area contributed by atoms with Crippen LogP contribution in [0.1, 0.15) is 49.8 Å². The van der Waals surface area contributed by atoms with Crippen molar-refractivity contribution in [2.75, 3.05) is 6.54 Å². The van der Waals surface area contributed by atoms with Crippen molar-refractivity contribution >= 4 is 5.91 Å². The zero-order valence-electron chi connectivity index (χ0n) is 11.6. The van der Waals surface area contributed by atoms with E-state index in [0.717, 1.165) is 25.0 Å². The number of carbonyl (C=O) groups is 1. The fourth-order valence-electron chi connectivity index (χ4n) is 1.78. The molecule has 1 unspecified atom stereocenters. The zero-order valence-corrected chi connectivity index (χ0v) is 11.6. The maximum absolute atomic E-state index is 12.0. The molecule has 1 aromatic heterocycles. The van der Waals surface area contributed by atoms with Crippen LogP contribution in [0.4, 0.5) is 0 Å². The third-order valence-electron chi connectivity index (χ3n) is 2.85. The molecule has 5 heteroatoms. The fourth-order valence-corrected chi connectivity index (χ4v) is 1.78. The highest BCUT2D eigenvalue weighted by Crippen LogP contribution is 2.05. The molecular weight excluding hydrogens is 228 g/mol.